The van der Waals surface area contributed by atoms with Crippen LogP contribution in [-0.2, 0) is 11.3 Å². The maximum absolute atomic E-state index is 12.1. The highest BCUT2D eigenvalue weighted by molar-refractivity contribution is 5.94. The van der Waals surface area contributed by atoms with Crippen LogP contribution in [0.5, 0.6) is 0 Å². The fourth-order valence-corrected chi connectivity index (χ4v) is 2.90. The van der Waals surface area contributed by atoms with Crippen LogP contribution in [0.2, 0.25) is 0 Å². The number of nitrogens with zero attached hydrogens (tertiary/aromatic N) is 1. The van der Waals surface area contributed by atoms with Gasteiger partial charge in [-0.1, -0.05) is 12.1 Å². The Hall–Kier alpha value is -2.89. The van der Waals surface area contributed by atoms with E-state index in [2.05, 4.69) is 10.3 Å². The smallest absolute Gasteiger partial charge is 0.260 e. The van der Waals surface area contributed by atoms with E-state index in [9.17, 15) is 14.4 Å². The molecule has 1 aliphatic heterocycles. The minimum absolute atomic E-state index is 0.0983. The maximum atomic E-state index is 12.1. The van der Waals surface area contributed by atoms with Gasteiger partial charge in [0.1, 0.15) is 5.56 Å². The van der Waals surface area contributed by atoms with E-state index in [0.29, 0.717) is 18.7 Å². The van der Waals surface area contributed by atoms with Crippen LogP contribution < -0.4 is 15.8 Å². The highest BCUT2D eigenvalue weighted by atomic mass is 16.2. The van der Waals surface area contributed by atoms with E-state index in [-0.39, 0.29) is 11.5 Å². The highest BCUT2D eigenvalue weighted by Gasteiger charge is 2.19. The predicted molar refractivity (Wildman–Crippen MR) is 95.6 cm³/mol. The summed E-state index contributed by atoms with van der Waals surface area (Å²) in [7, 11) is 0. The van der Waals surface area contributed by atoms with Crippen molar-refractivity contribution in [3.8, 4) is 0 Å². The van der Waals surface area contributed by atoms with Gasteiger partial charge < -0.3 is 15.2 Å². The molecule has 6 nitrogen and oxygen atoms in total. The molecule has 1 aromatic carbocycles. The normalized spacial score (nSPS) is 14.4. The van der Waals surface area contributed by atoms with Crippen molar-refractivity contribution < 1.29 is 9.59 Å². The average molecular weight is 339 g/mol. The number of carbonyl (C=O) groups is 2. The summed E-state index contributed by atoms with van der Waals surface area (Å²) in [6.07, 6.45) is 2.58. The first-order chi connectivity index (χ1) is 12.0. The molecule has 2 aromatic rings. The van der Waals surface area contributed by atoms with Crippen LogP contribution in [0, 0.1) is 6.92 Å². The Bertz CT molecular complexity index is 840. The zero-order valence-electron chi connectivity index (χ0n) is 14.2. The second-order valence-electron chi connectivity index (χ2n) is 6.24. The Morgan fingerprint density at radius 1 is 1.12 bits per heavy atom. The van der Waals surface area contributed by atoms with Crippen LogP contribution in [0.1, 0.15) is 40.9 Å². The molecular formula is C19H21N3O3. The van der Waals surface area contributed by atoms with Crippen molar-refractivity contribution in [3.63, 3.8) is 0 Å². The minimum Gasteiger partial charge on any atom is -0.348 e. The number of hydrogen-bond acceptors (Lipinski definition) is 3. The fourth-order valence-electron chi connectivity index (χ4n) is 2.90. The fraction of sp³-hybridized carbons (Fsp3) is 0.316. The molecule has 0 unspecified atom stereocenters. The monoisotopic (exact) mass is 339 g/mol. The number of aryl methyl sites for hydroxylation is 1. The van der Waals surface area contributed by atoms with Gasteiger partial charge in [0.15, 0.2) is 0 Å². The van der Waals surface area contributed by atoms with Gasteiger partial charge >= 0.3 is 0 Å². The van der Waals surface area contributed by atoms with E-state index in [1.165, 1.54) is 6.07 Å². The van der Waals surface area contributed by atoms with E-state index in [1.54, 1.807) is 17.9 Å². The summed E-state index contributed by atoms with van der Waals surface area (Å²) in [5.41, 5.74) is 2.21. The van der Waals surface area contributed by atoms with Gasteiger partial charge in [-0.25, -0.2) is 0 Å². The number of aromatic amines is 1. The summed E-state index contributed by atoms with van der Waals surface area (Å²) in [4.78, 5) is 40.3. The molecule has 1 fully saturated rings. The van der Waals surface area contributed by atoms with Gasteiger partial charge in [0, 0.05) is 30.9 Å². The van der Waals surface area contributed by atoms with Crippen molar-refractivity contribution in [1.29, 1.82) is 0 Å². The molecule has 2 heterocycles. The lowest BCUT2D eigenvalue weighted by atomic mass is 10.1. The Balaban J connectivity index is 1.62. The third-order valence-electron chi connectivity index (χ3n) is 4.32. The van der Waals surface area contributed by atoms with Crippen molar-refractivity contribution in [2.75, 3.05) is 11.4 Å². The number of aromatic nitrogens is 1. The Kier molecular flexibility index (Phi) is 4.97. The zero-order valence-corrected chi connectivity index (χ0v) is 14.2. The Morgan fingerprint density at radius 3 is 2.56 bits per heavy atom. The molecule has 3 rings (SSSR count). The summed E-state index contributed by atoms with van der Waals surface area (Å²) in [5, 5.41) is 2.74. The molecule has 0 aliphatic carbocycles. The number of anilines is 1. The van der Waals surface area contributed by atoms with Crippen LogP contribution in [0.25, 0.3) is 0 Å². The molecule has 0 spiro atoms. The van der Waals surface area contributed by atoms with Crippen molar-refractivity contribution in [3.05, 3.63) is 63.6 Å². The van der Waals surface area contributed by atoms with Crippen molar-refractivity contribution in [1.82, 2.24) is 10.3 Å². The quantitative estimate of drug-likeness (QED) is 0.895. The molecule has 1 saturated heterocycles. The first-order valence-corrected chi connectivity index (χ1v) is 8.42. The number of hydrogen-bond donors (Lipinski definition) is 2. The largest absolute Gasteiger partial charge is 0.348 e. The lowest BCUT2D eigenvalue weighted by Gasteiger charge is -2.26. The van der Waals surface area contributed by atoms with Gasteiger partial charge in [0.2, 0.25) is 5.91 Å². The maximum Gasteiger partial charge on any atom is 0.260 e. The van der Waals surface area contributed by atoms with E-state index in [4.69, 9.17) is 0 Å². The van der Waals surface area contributed by atoms with Crippen molar-refractivity contribution in [2.45, 2.75) is 32.7 Å². The number of nitrogens with one attached hydrogen (secondary N) is 2. The average Bonchev–Trinajstić information content (AvgIpc) is 2.61. The zero-order chi connectivity index (χ0) is 17.8. The summed E-state index contributed by atoms with van der Waals surface area (Å²) in [5.74, 6) is -0.248. The SMILES string of the molecule is Cc1ccc(C(=O)NCc2ccc(N3CCCCC3=O)cc2)c(=O)[nH]1. The van der Waals surface area contributed by atoms with Gasteiger partial charge in [-0.3, -0.25) is 14.4 Å². The van der Waals surface area contributed by atoms with Crippen LogP contribution in [0.15, 0.2) is 41.2 Å². The van der Waals surface area contributed by atoms with Crippen molar-refractivity contribution in [2.24, 2.45) is 0 Å². The Morgan fingerprint density at radius 2 is 1.88 bits per heavy atom. The third kappa shape index (κ3) is 3.96. The summed E-state index contributed by atoms with van der Waals surface area (Å²) in [6, 6.07) is 10.8. The molecule has 130 valence electrons. The third-order valence-corrected chi connectivity index (χ3v) is 4.32. The van der Waals surface area contributed by atoms with Gasteiger partial charge in [0.05, 0.1) is 0 Å². The van der Waals surface area contributed by atoms with Crippen LogP contribution in [-0.4, -0.2) is 23.3 Å². The van der Waals surface area contributed by atoms with Crippen LogP contribution in [0.4, 0.5) is 5.69 Å². The molecule has 1 aliphatic rings. The topological polar surface area (TPSA) is 82.3 Å². The van der Waals surface area contributed by atoms with E-state index < -0.39 is 11.5 Å². The van der Waals surface area contributed by atoms with Gasteiger partial charge in [-0.2, -0.15) is 0 Å². The van der Waals surface area contributed by atoms with E-state index >= 15 is 0 Å². The molecule has 25 heavy (non-hydrogen) atoms. The lowest BCUT2D eigenvalue weighted by Crippen LogP contribution is -2.35. The molecule has 2 N–H and O–H groups in total. The first kappa shape index (κ1) is 17.0. The van der Waals surface area contributed by atoms with Crippen molar-refractivity contribution >= 4 is 17.5 Å². The number of rotatable bonds is 4. The molecule has 0 radical (unpaired) electrons. The summed E-state index contributed by atoms with van der Waals surface area (Å²) in [6.45, 7) is 2.84. The standard InChI is InChI=1S/C19H21N3O3/c1-13-5-10-16(19(25)21-13)18(24)20-12-14-6-8-15(9-7-14)22-11-3-2-4-17(22)23/h5-10H,2-4,11-12H2,1H3,(H,20,24)(H,21,25). The number of pyridine rings is 1. The summed E-state index contributed by atoms with van der Waals surface area (Å²) < 4.78 is 0. The number of piperidine rings is 1. The Labute approximate surface area is 145 Å². The predicted octanol–water partition coefficient (Wildman–Crippen LogP) is 2.13. The van der Waals surface area contributed by atoms with Gasteiger partial charge in [0.25, 0.3) is 11.5 Å². The molecule has 0 saturated carbocycles. The van der Waals surface area contributed by atoms with E-state index in [0.717, 1.165) is 30.6 Å². The van der Waals surface area contributed by atoms with Crippen LogP contribution in [0.3, 0.4) is 0 Å². The molecular weight excluding hydrogens is 318 g/mol. The number of amides is 2. The summed E-state index contributed by atoms with van der Waals surface area (Å²) >= 11 is 0. The lowest BCUT2D eigenvalue weighted by molar-refractivity contribution is -0.119. The minimum atomic E-state index is -0.406. The number of H-pyrrole nitrogens is 1. The van der Waals surface area contributed by atoms with Gasteiger partial charge in [-0.05, 0) is 49.6 Å². The molecule has 0 bridgehead atoms. The first-order valence-electron chi connectivity index (χ1n) is 8.42. The molecule has 2 amide bonds. The second-order valence-corrected chi connectivity index (χ2v) is 6.24. The molecule has 1 aromatic heterocycles. The highest BCUT2D eigenvalue weighted by Crippen LogP contribution is 2.21. The van der Waals surface area contributed by atoms with Gasteiger partial charge in [-0.15, -0.1) is 0 Å². The van der Waals surface area contributed by atoms with Crippen LogP contribution >= 0.6 is 0 Å². The molecule has 6 heteroatoms. The number of carbonyl (C=O) groups excluding carboxylic acids is 2. The second kappa shape index (κ2) is 7.34. The van der Waals surface area contributed by atoms with E-state index in [1.807, 2.05) is 24.3 Å². The number of benzene rings is 1. The molecule has 0 atom stereocenters.